The number of nitrogens with two attached hydrogens (primary N) is 1. The zero-order valence-electron chi connectivity index (χ0n) is 15.6. The van der Waals surface area contributed by atoms with Gasteiger partial charge in [-0.3, -0.25) is 10.3 Å². The summed E-state index contributed by atoms with van der Waals surface area (Å²) in [5, 5.41) is 8.54. The van der Waals surface area contributed by atoms with Gasteiger partial charge in [-0.25, -0.2) is 9.97 Å². The number of aromatic nitrogens is 2. The maximum absolute atomic E-state index is 8.54. The molecule has 1 aliphatic heterocycles. The van der Waals surface area contributed by atoms with E-state index in [1.165, 1.54) is 6.33 Å². The van der Waals surface area contributed by atoms with Crippen molar-refractivity contribution in [3.8, 4) is 5.75 Å². The summed E-state index contributed by atoms with van der Waals surface area (Å²) in [6, 6.07) is 7.64. The van der Waals surface area contributed by atoms with Gasteiger partial charge < -0.3 is 15.4 Å². The van der Waals surface area contributed by atoms with Crippen LogP contribution in [0.15, 0.2) is 30.6 Å². The van der Waals surface area contributed by atoms with E-state index in [9.17, 15) is 0 Å². The van der Waals surface area contributed by atoms with Crippen molar-refractivity contribution < 1.29 is 4.74 Å². The molecule has 2 heterocycles. The first kappa shape index (κ1) is 18.1. The van der Waals surface area contributed by atoms with Crippen LogP contribution < -0.4 is 15.4 Å². The molecule has 3 rings (SSSR count). The van der Waals surface area contributed by atoms with Crippen molar-refractivity contribution in [1.82, 2.24) is 14.9 Å². The predicted octanol–water partition coefficient (Wildman–Crippen LogP) is 2.01. The summed E-state index contributed by atoms with van der Waals surface area (Å²) in [7, 11) is 1.60. The Morgan fingerprint density at radius 2 is 2.12 bits per heavy atom. The number of nitrogens with one attached hydrogen (secondary N) is 1. The van der Waals surface area contributed by atoms with Crippen LogP contribution in [0.4, 0.5) is 11.5 Å². The largest absolute Gasteiger partial charge is 0.497 e. The van der Waals surface area contributed by atoms with Crippen LogP contribution in [0.5, 0.6) is 5.75 Å². The molecule has 7 heteroatoms. The van der Waals surface area contributed by atoms with Gasteiger partial charge in [-0.05, 0) is 31.7 Å². The first-order valence-electron chi connectivity index (χ1n) is 8.87. The first-order valence-corrected chi connectivity index (χ1v) is 8.87. The van der Waals surface area contributed by atoms with Crippen LogP contribution in [0, 0.1) is 5.41 Å². The second kappa shape index (κ2) is 7.70. The molecule has 1 aliphatic rings. The van der Waals surface area contributed by atoms with Crippen molar-refractivity contribution in [2.24, 2.45) is 0 Å². The van der Waals surface area contributed by atoms with Crippen LogP contribution in [0.1, 0.15) is 25.1 Å². The molecule has 1 aromatic carbocycles. The zero-order valence-corrected chi connectivity index (χ0v) is 15.6. The summed E-state index contributed by atoms with van der Waals surface area (Å²) in [4.78, 5) is 13.4. The van der Waals surface area contributed by atoms with E-state index in [2.05, 4.69) is 33.6 Å². The van der Waals surface area contributed by atoms with Crippen molar-refractivity contribution in [3.63, 3.8) is 0 Å². The Kier molecular flexibility index (Phi) is 5.37. The number of nitrogen functional groups attached to an aromatic ring is 1. The first-order chi connectivity index (χ1) is 12.5. The van der Waals surface area contributed by atoms with E-state index < -0.39 is 0 Å². The van der Waals surface area contributed by atoms with Gasteiger partial charge in [0, 0.05) is 43.0 Å². The van der Waals surface area contributed by atoms with Crippen LogP contribution in [-0.2, 0) is 0 Å². The topological polar surface area (TPSA) is 91.4 Å². The van der Waals surface area contributed by atoms with E-state index in [-0.39, 0.29) is 5.71 Å². The molecule has 0 saturated carbocycles. The highest BCUT2D eigenvalue weighted by atomic mass is 16.5. The average molecular weight is 354 g/mol. The number of hydrogen-bond acceptors (Lipinski definition) is 7. The molecule has 0 bridgehead atoms. The van der Waals surface area contributed by atoms with Crippen molar-refractivity contribution in [2.45, 2.75) is 19.9 Å². The smallest absolute Gasteiger partial charge is 0.132 e. The number of likely N-dealkylation sites (N-methyl/N-ethyl adjacent to an activating group) is 1. The number of hydrogen-bond donors (Lipinski definition) is 2. The van der Waals surface area contributed by atoms with Gasteiger partial charge in [-0.15, -0.1) is 0 Å². The Morgan fingerprint density at radius 3 is 2.81 bits per heavy atom. The Bertz CT molecular complexity index is 793. The van der Waals surface area contributed by atoms with Crippen LogP contribution in [0.3, 0.4) is 0 Å². The fraction of sp³-hybridized carbons (Fsp3) is 0.421. The third kappa shape index (κ3) is 3.62. The molecule has 7 nitrogen and oxygen atoms in total. The lowest BCUT2D eigenvalue weighted by Gasteiger charge is -2.39. The van der Waals surface area contributed by atoms with E-state index >= 15 is 0 Å². The van der Waals surface area contributed by atoms with Gasteiger partial charge >= 0.3 is 0 Å². The highest BCUT2D eigenvalue weighted by Gasteiger charge is 2.24. The molecule has 0 amide bonds. The normalized spacial score (nSPS) is 18.0. The molecule has 1 saturated heterocycles. The fourth-order valence-corrected chi connectivity index (χ4v) is 3.35. The Hall–Kier alpha value is -2.67. The van der Waals surface area contributed by atoms with Crippen LogP contribution in [0.25, 0.3) is 0 Å². The fourth-order valence-electron chi connectivity index (χ4n) is 3.35. The van der Waals surface area contributed by atoms with Gasteiger partial charge in [-0.2, -0.15) is 0 Å². The molecular weight excluding hydrogens is 328 g/mol. The number of benzene rings is 1. The van der Waals surface area contributed by atoms with Crippen LogP contribution in [-0.4, -0.2) is 59.9 Å². The Labute approximate surface area is 154 Å². The summed E-state index contributed by atoms with van der Waals surface area (Å²) in [6.45, 7) is 8.33. The number of ether oxygens (including phenoxy) is 1. The molecule has 0 radical (unpaired) electrons. The Balaban J connectivity index is 1.85. The number of methoxy groups -OCH3 is 1. The highest BCUT2D eigenvalue weighted by molar-refractivity contribution is 6.13. The third-order valence-corrected chi connectivity index (χ3v) is 4.93. The van der Waals surface area contributed by atoms with Crippen molar-refractivity contribution in [2.75, 3.05) is 43.9 Å². The number of nitrogens with zero attached hydrogens (tertiary/aromatic N) is 4. The number of anilines is 2. The van der Waals surface area contributed by atoms with E-state index in [1.807, 2.05) is 6.07 Å². The van der Waals surface area contributed by atoms with Gasteiger partial charge in [0.2, 0.25) is 0 Å². The molecule has 0 spiro atoms. The number of piperazine rings is 1. The lowest BCUT2D eigenvalue weighted by atomic mass is 10.0. The molecule has 138 valence electrons. The summed E-state index contributed by atoms with van der Waals surface area (Å²) in [5.41, 5.74) is 8.02. The van der Waals surface area contributed by atoms with Gasteiger partial charge in [0.25, 0.3) is 0 Å². The highest BCUT2D eigenvalue weighted by Crippen LogP contribution is 2.23. The van der Waals surface area contributed by atoms with Crippen LogP contribution in [0.2, 0.25) is 0 Å². The molecule has 0 unspecified atom stereocenters. The van der Waals surface area contributed by atoms with E-state index in [1.54, 1.807) is 25.3 Å². The van der Waals surface area contributed by atoms with Crippen molar-refractivity contribution >= 4 is 17.2 Å². The summed E-state index contributed by atoms with van der Waals surface area (Å²) < 4.78 is 5.25. The summed E-state index contributed by atoms with van der Waals surface area (Å²) >= 11 is 0. The van der Waals surface area contributed by atoms with Gasteiger partial charge in [0.15, 0.2) is 0 Å². The maximum atomic E-state index is 8.54. The molecule has 1 fully saturated rings. The zero-order chi connectivity index (χ0) is 18.7. The molecule has 0 aliphatic carbocycles. The third-order valence-electron chi connectivity index (χ3n) is 4.93. The number of rotatable bonds is 5. The molecule has 3 N–H and O–H groups in total. The average Bonchev–Trinajstić information content (AvgIpc) is 2.68. The molecule has 26 heavy (non-hydrogen) atoms. The molecular formula is C19H26N6O. The summed E-state index contributed by atoms with van der Waals surface area (Å²) in [5.74, 6) is 1.52. The monoisotopic (exact) mass is 354 g/mol. The predicted molar refractivity (Wildman–Crippen MR) is 104 cm³/mol. The van der Waals surface area contributed by atoms with Crippen LogP contribution >= 0.6 is 0 Å². The van der Waals surface area contributed by atoms with E-state index in [4.69, 9.17) is 15.9 Å². The molecule has 2 aromatic rings. The summed E-state index contributed by atoms with van der Waals surface area (Å²) in [6.07, 6.45) is 1.52. The molecule has 1 atom stereocenters. The maximum Gasteiger partial charge on any atom is 0.132 e. The lowest BCUT2D eigenvalue weighted by Crippen LogP contribution is -2.52. The van der Waals surface area contributed by atoms with E-state index in [0.717, 1.165) is 32.0 Å². The van der Waals surface area contributed by atoms with Crippen molar-refractivity contribution in [1.29, 1.82) is 5.41 Å². The SMILES string of the molecule is CCN1CCN(c2cc(C(=N)c3cc(OC)ccc3N)ncn2)C[C@@H]1C. The van der Waals surface area contributed by atoms with E-state index in [0.29, 0.717) is 28.7 Å². The standard InChI is InChI=1S/C19H26N6O/c1-4-24-7-8-25(11-13(24)2)18-10-17(22-12-23-18)19(21)15-9-14(26-3)5-6-16(15)20/h5-6,9-10,12-13,21H,4,7-8,11,20H2,1-3H3/t13-/m0/s1. The van der Waals surface area contributed by atoms with Gasteiger partial charge in [0.1, 0.15) is 17.9 Å². The Morgan fingerprint density at radius 1 is 1.31 bits per heavy atom. The lowest BCUT2D eigenvalue weighted by molar-refractivity contribution is 0.199. The second-order valence-corrected chi connectivity index (χ2v) is 6.51. The van der Waals surface area contributed by atoms with Gasteiger partial charge in [0.05, 0.1) is 18.5 Å². The van der Waals surface area contributed by atoms with Crippen molar-refractivity contribution in [3.05, 3.63) is 41.9 Å². The second-order valence-electron chi connectivity index (χ2n) is 6.51. The molecule has 1 aromatic heterocycles. The minimum absolute atomic E-state index is 0.269. The van der Waals surface area contributed by atoms with Gasteiger partial charge in [-0.1, -0.05) is 6.92 Å². The minimum atomic E-state index is 0.269. The minimum Gasteiger partial charge on any atom is -0.497 e. The quantitative estimate of drug-likeness (QED) is 0.630.